The fraction of sp³-hybridized carbons (Fsp3) is 0.351. The summed E-state index contributed by atoms with van der Waals surface area (Å²) in [5, 5.41) is 21.0. The van der Waals surface area contributed by atoms with Gasteiger partial charge in [-0.3, -0.25) is 18.9 Å². The Bertz CT molecular complexity index is 2560. The van der Waals surface area contributed by atoms with E-state index in [9.17, 15) is 35.9 Å². The van der Waals surface area contributed by atoms with E-state index in [-0.39, 0.29) is 63.6 Å². The predicted octanol–water partition coefficient (Wildman–Crippen LogP) is 6.50. The molecule has 5 aromatic rings. The van der Waals surface area contributed by atoms with Gasteiger partial charge in [0.25, 0.3) is 12.3 Å². The van der Waals surface area contributed by atoms with Crippen LogP contribution in [-0.4, -0.2) is 56.3 Å². The lowest BCUT2D eigenvalue weighted by Crippen LogP contribution is -2.36. The Morgan fingerprint density at radius 1 is 1.07 bits per heavy atom. The number of halogens is 7. The van der Waals surface area contributed by atoms with Crippen LogP contribution < -0.4 is 10.0 Å². The predicted molar refractivity (Wildman–Crippen MR) is 193 cm³/mol. The number of nitrogens with one attached hydrogen (secondary N) is 2. The quantitative estimate of drug-likeness (QED) is 0.108. The fourth-order valence-corrected chi connectivity index (χ4v) is 8.29. The molecule has 0 radical (unpaired) electrons. The van der Waals surface area contributed by atoms with Crippen molar-refractivity contribution in [1.29, 1.82) is 0 Å². The van der Waals surface area contributed by atoms with Crippen molar-refractivity contribution in [1.82, 2.24) is 29.9 Å². The molecule has 1 saturated carbocycles. The third kappa shape index (κ3) is 7.30. The Kier molecular flexibility index (Phi) is 10.1. The molecule has 0 aliphatic heterocycles. The number of hydrogen-bond donors (Lipinski definition) is 3. The molecule has 0 spiro atoms. The molecule has 3 aromatic heterocycles. The molecule has 0 unspecified atom stereocenters. The van der Waals surface area contributed by atoms with Gasteiger partial charge in [0.2, 0.25) is 15.9 Å². The number of fused-ring (bicyclic) bond motifs is 4. The van der Waals surface area contributed by atoms with E-state index in [1.165, 1.54) is 30.8 Å². The Morgan fingerprint density at radius 3 is 2.39 bits per heavy atom. The van der Waals surface area contributed by atoms with Crippen molar-refractivity contribution >= 4 is 44.3 Å². The summed E-state index contributed by atoms with van der Waals surface area (Å²) in [4.78, 5) is 18.6. The maximum absolute atomic E-state index is 15.6. The van der Waals surface area contributed by atoms with Gasteiger partial charge < -0.3 is 10.4 Å². The molecular weight excluding hydrogens is 788 g/mol. The first-order valence-electron chi connectivity index (χ1n) is 17.2. The van der Waals surface area contributed by atoms with E-state index in [1.54, 1.807) is 12.1 Å². The summed E-state index contributed by atoms with van der Waals surface area (Å²) in [5.74, 6) is -3.16. The number of nitrogens with zero attached hydrogens (tertiary/aromatic N) is 5. The zero-order chi connectivity index (χ0) is 40.4. The zero-order valence-corrected chi connectivity index (χ0v) is 31.3. The molecule has 4 atom stereocenters. The zero-order valence-electron chi connectivity index (χ0n) is 29.7. The summed E-state index contributed by atoms with van der Waals surface area (Å²) < 4.78 is 117. The van der Waals surface area contributed by atoms with Gasteiger partial charge in [-0.15, -0.1) is 0 Å². The average Bonchev–Trinajstić information content (AvgIpc) is 3.64. The average molecular weight is 820 g/mol. The molecule has 1 fully saturated rings. The Balaban J connectivity index is 1.38. The van der Waals surface area contributed by atoms with Crippen molar-refractivity contribution in [2.24, 2.45) is 13.0 Å². The molecule has 2 aromatic carbocycles. The minimum absolute atomic E-state index is 0.0326. The van der Waals surface area contributed by atoms with E-state index < -0.39 is 81.8 Å². The third-order valence-electron chi connectivity index (χ3n) is 9.82. The van der Waals surface area contributed by atoms with Crippen LogP contribution >= 0.6 is 11.6 Å². The topological polar surface area (TPSA) is 144 Å². The van der Waals surface area contributed by atoms with E-state index in [0.717, 1.165) is 18.4 Å². The van der Waals surface area contributed by atoms with E-state index in [0.29, 0.717) is 21.8 Å². The number of aryl methyl sites for hydroxylation is 1. The normalized spacial score (nSPS) is 18.1. The number of hydrogen-bond acceptors (Lipinski definition) is 7. The standard InChI is InChI=1S/C37H32ClF6N7O4S/c1-17(52)4-5-21-6-7-22(23-9-11-26(38)30-33(23)50(2)48-36(30)49-56(3,54)55)31(45-21)27(14-18-12-19(39)15-20(40)13-18)46-28(53)16-51-34-29(32(47-51)35(41)42)24-8-10-25(24)37(34,43)44/h6-7,9,11-13,15,17,24-25,27,35,52H,8,10,14,16H2,1-3H3,(H,46,53)(H,48,49)/t17-,24+,25-,27+/m1/s1. The number of amides is 1. The summed E-state index contributed by atoms with van der Waals surface area (Å²) in [6.07, 6.45) is -3.25. The maximum Gasteiger partial charge on any atom is 0.293 e. The molecular formula is C37H32ClF6N7O4S. The van der Waals surface area contributed by atoms with Gasteiger partial charge in [0, 0.05) is 35.7 Å². The van der Waals surface area contributed by atoms with E-state index in [1.807, 2.05) is 0 Å². The summed E-state index contributed by atoms with van der Waals surface area (Å²) in [5.41, 5.74) is -0.708. The Hall–Kier alpha value is -5.12. The number of aromatic nitrogens is 5. The molecule has 56 heavy (non-hydrogen) atoms. The van der Waals surface area contributed by atoms with E-state index in [4.69, 9.17) is 11.6 Å². The van der Waals surface area contributed by atoms with Crippen LogP contribution in [-0.2, 0) is 40.8 Å². The largest absolute Gasteiger partial charge is 0.381 e. The number of benzene rings is 2. The lowest BCUT2D eigenvalue weighted by molar-refractivity contribution is -0.123. The molecule has 2 aliphatic carbocycles. The number of aliphatic hydroxyl groups excluding tert-OH is 1. The maximum atomic E-state index is 15.6. The van der Waals surface area contributed by atoms with Gasteiger partial charge in [0.1, 0.15) is 41.4 Å². The lowest BCUT2D eigenvalue weighted by Gasteiger charge is -2.34. The van der Waals surface area contributed by atoms with Crippen LogP contribution in [0.4, 0.5) is 32.2 Å². The van der Waals surface area contributed by atoms with Crippen LogP contribution in [0.2, 0.25) is 5.02 Å². The van der Waals surface area contributed by atoms with Gasteiger partial charge >= 0.3 is 0 Å². The molecule has 0 bridgehead atoms. The molecule has 3 heterocycles. The van der Waals surface area contributed by atoms with E-state index >= 15 is 8.78 Å². The SMILES string of the molecule is C[C@@H](O)C#Cc1ccc(-c2ccc(Cl)c3c(NS(C)(=O)=O)nn(C)c23)c([C@H](Cc2cc(F)cc(F)c2)NC(=O)Cn2nc(C(F)F)c3c2C(F)(F)[C@@H]2CC[C@H]32)n1. The van der Waals surface area contributed by atoms with Crippen LogP contribution in [0.25, 0.3) is 22.0 Å². The molecule has 3 N–H and O–H groups in total. The van der Waals surface area contributed by atoms with Crippen LogP contribution in [0.1, 0.15) is 72.1 Å². The van der Waals surface area contributed by atoms with Gasteiger partial charge in [0.05, 0.1) is 33.9 Å². The minimum atomic E-state index is -3.83. The number of alkyl halides is 4. The Labute approximate surface area is 321 Å². The number of anilines is 1. The van der Waals surface area contributed by atoms with Crippen LogP contribution in [0.3, 0.4) is 0 Å². The highest BCUT2D eigenvalue weighted by molar-refractivity contribution is 7.92. The molecule has 19 heteroatoms. The highest BCUT2D eigenvalue weighted by Crippen LogP contribution is 2.63. The first-order chi connectivity index (χ1) is 26.3. The number of rotatable bonds is 10. The van der Waals surface area contributed by atoms with Crippen molar-refractivity contribution in [3.63, 3.8) is 0 Å². The van der Waals surface area contributed by atoms with Crippen LogP contribution in [0.5, 0.6) is 0 Å². The van der Waals surface area contributed by atoms with Crippen LogP contribution in [0.15, 0.2) is 42.5 Å². The van der Waals surface area contributed by atoms with Gasteiger partial charge in [-0.05, 0) is 73.9 Å². The smallest absolute Gasteiger partial charge is 0.293 e. The van der Waals surface area contributed by atoms with Crippen molar-refractivity contribution in [3.8, 4) is 23.0 Å². The number of carbonyl (C=O) groups is 1. The molecule has 1 amide bonds. The number of pyridine rings is 1. The van der Waals surface area contributed by atoms with Crippen molar-refractivity contribution in [3.05, 3.63) is 93.0 Å². The number of carbonyl (C=O) groups excluding carboxylic acids is 1. The first-order valence-corrected chi connectivity index (χ1v) is 19.4. The van der Waals surface area contributed by atoms with Gasteiger partial charge in [-0.2, -0.15) is 19.0 Å². The van der Waals surface area contributed by atoms with Gasteiger partial charge in [-0.1, -0.05) is 23.6 Å². The number of aliphatic hydroxyl groups is 1. The molecule has 2 aliphatic rings. The molecule has 7 rings (SSSR count). The lowest BCUT2D eigenvalue weighted by atomic mass is 9.73. The molecule has 294 valence electrons. The number of sulfonamides is 1. The monoisotopic (exact) mass is 819 g/mol. The van der Waals surface area contributed by atoms with Crippen LogP contribution in [0, 0.1) is 29.4 Å². The van der Waals surface area contributed by atoms with Gasteiger partial charge in [-0.25, -0.2) is 31.0 Å². The second-order valence-corrected chi connectivity index (χ2v) is 16.0. The minimum Gasteiger partial charge on any atom is -0.381 e. The van der Waals surface area contributed by atoms with Crippen molar-refractivity contribution in [2.75, 3.05) is 11.0 Å². The summed E-state index contributed by atoms with van der Waals surface area (Å²) in [7, 11) is -2.30. The van der Waals surface area contributed by atoms with E-state index in [2.05, 4.69) is 37.1 Å². The summed E-state index contributed by atoms with van der Waals surface area (Å²) >= 11 is 6.57. The first kappa shape index (κ1) is 39.1. The summed E-state index contributed by atoms with van der Waals surface area (Å²) in [6.45, 7) is 0.502. The summed E-state index contributed by atoms with van der Waals surface area (Å²) in [6, 6.07) is 7.49. The second kappa shape index (κ2) is 14.4. The molecule has 11 nitrogen and oxygen atoms in total. The Morgan fingerprint density at radius 2 is 1.77 bits per heavy atom. The van der Waals surface area contributed by atoms with Crippen molar-refractivity contribution < 1.29 is 44.7 Å². The fourth-order valence-electron chi connectivity index (χ4n) is 7.56. The molecule has 0 saturated heterocycles. The highest BCUT2D eigenvalue weighted by atomic mass is 35.5. The third-order valence-corrected chi connectivity index (χ3v) is 10.7. The van der Waals surface area contributed by atoms with Crippen molar-refractivity contribution in [2.45, 2.75) is 63.1 Å². The second-order valence-electron chi connectivity index (χ2n) is 13.9. The highest BCUT2D eigenvalue weighted by Gasteiger charge is 2.62. The van der Waals surface area contributed by atoms with Gasteiger partial charge in [0.15, 0.2) is 5.82 Å².